The molecule has 0 saturated heterocycles. The highest BCUT2D eigenvalue weighted by Crippen LogP contribution is 2.63. The van der Waals surface area contributed by atoms with Gasteiger partial charge >= 0.3 is 11.9 Å². The molecule has 0 aromatic rings. The minimum Gasteiger partial charge on any atom is -0.469 e. The van der Waals surface area contributed by atoms with Crippen molar-refractivity contribution in [1.82, 2.24) is 10.6 Å². The zero-order valence-electron chi connectivity index (χ0n) is 17.6. The third-order valence-corrected chi connectivity index (χ3v) is 7.65. The van der Waals surface area contributed by atoms with Crippen molar-refractivity contribution in [2.24, 2.45) is 35.5 Å². The van der Waals surface area contributed by atoms with Gasteiger partial charge in [0.25, 0.3) is 0 Å². The van der Waals surface area contributed by atoms with E-state index in [0.717, 1.165) is 61.7 Å². The summed E-state index contributed by atoms with van der Waals surface area (Å²) in [7, 11) is 2.89. The SMILES string of the molecule is COC(=O)CCNCCC1CC2CC1C1C(CCNCCC(=O)OC)CCC21. The van der Waals surface area contributed by atoms with Crippen LogP contribution in [0.5, 0.6) is 0 Å². The summed E-state index contributed by atoms with van der Waals surface area (Å²) in [6, 6.07) is 0. The van der Waals surface area contributed by atoms with Crippen molar-refractivity contribution < 1.29 is 19.1 Å². The summed E-state index contributed by atoms with van der Waals surface area (Å²) < 4.78 is 9.38. The number of esters is 2. The number of hydrogen-bond donors (Lipinski definition) is 2. The van der Waals surface area contributed by atoms with Crippen molar-refractivity contribution in [2.75, 3.05) is 40.4 Å². The van der Waals surface area contributed by atoms with E-state index in [4.69, 9.17) is 4.74 Å². The first-order valence-electron chi connectivity index (χ1n) is 11.2. The van der Waals surface area contributed by atoms with Gasteiger partial charge in [-0.05, 0) is 87.1 Å². The number of ether oxygens (including phenoxy) is 2. The van der Waals surface area contributed by atoms with Crippen LogP contribution in [0.25, 0.3) is 0 Å². The smallest absolute Gasteiger partial charge is 0.306 e. The van der Waals surface area contributed by atoms with Crippen LogP contribution in [-0.4, -0.2) is 52.3 Å². The molecule has 6 heteroatoms. The Bertz CT molecular complexity index is 527. The van der Waals surface area contributed by atoms with E-state index in [0.29, 0.717) is 12.8 Å². The molecule has 0 heterocycles. The fourth-order valence-electron chi connectivity index (χ4n) is 6.46. The highest BCUT2D eigenvalue weighted by Gasteiger charge is 2.56. The molecule has 0 spiro atoms. The Labute approximate surface area is 169 Å². The Hall–Kier alpha value is -1.14. The van der Waals surface area contributed by atoms with Crippen molar-refractivity contribution in [3.05, 3.63) is 0 Å². The molecule has 2 bridgehead atoms. The second-order valence-corrected chi connectivity index (χ2v) is 8.96. The average Bonchev–Trinajstić information content (AvgIpc) is 3.39. The highest BCUT2D eigenvalue weighted by molar-refractivity contribution is 5.69. The maximum Gasteiger partial charge on any atom is 0.306 e. The van der Waals surface area contributed by atoms with Crippen molar-refractivity contribution >= 4 is 11.9 Å². The molecule has 0 radical (unpaired) electrons. The Morgan fingerprint density at radius 1 is 0.786 bits per heavy atom. The Morgan fingerprint density at radius 2 is 1.39 bits per heavy atom. The lowest BCUT2D eigenvalue weighted by Crippen LogP contribution is -2.32. The van der Waals surface area contributed by atoms with Crippen LogP contribution >= 0.6 is 0 Å². The number of fused-ring (bicyclic) bond motifs is 5. The zero-order valence-corrected chi connectivity index (χ0v) is 17.6. The second kappa shape index (κ2) is 10.6. The fourth-order valence-corrected chi connectivity index (χ4v) is 6.46. The van der Waals surface area contributed by atoms with Gasteiger partial charge < -0.3 is 20.1 Å². The van der Waals surface area contributed by atoms with Crippen LogP contribution in [0.1, 0.15) is 51.4 Å². The average molecular weight is 395 g/mol. The zero-order chi connectivity index (χ0) is 19.9. The van der Waals surface area contributed by atoms with E-state index in [1.807, 2.05) is 0 Å². The number of carbonyl (C=O) groups is 2. The molecule has 160 valence electrons. The number of nitrogens with one attached hydrogen (secondary N) is 2. The lowest BCUT2D eigenvalue weighted by Gasteiger charge is -2.35. The maximum absolute atomic E-state index is 11.2. The van der Waals surface area contributed by atoms with Crippen LogP contribution in [0.4, 0.5) is 0 Å². The van der Waals surface area contributed by atoms with Gasteiger partial charge in [-0.3, -0.25) is 9.59 Å². The predicted octanol–water partition coefficient (Wildman–Crippen LogP) is 2.37. The van der Waals surface area contributed by atoms with E-state index < -0.39 is 0 Å². The van der Waals surface area contributed by atoms with Gasteiger partial charge in [-0.2, -0.15) is 0 Å². The largest absolute Gasteiger partial charge is 0.469 e. The molecule has 6 nitrogen and oxygen atoms in total. The molecule has 3 aliphatic rings. The van der Waals surface area contributed by atoms with E-state index >= 15 is 0 Å². The van der Waals surface area contributed by atoms with Gasteiger partial charge in [0.1, 0.15) is 0 Å². The highest BCUT2D eigenvalue weighted by atomic mass is 16.5. The Morgan fingerprint density at radius 3 is 2.00 bits per heavy atom. The minimum absolute atomic E-state index is 0.135. The summed E-state index contributed by atoms with van der Waals surface area (Å²) in [5, 5.41) is 6.85. The van der Waals surface area contributed by atoms with Crippen LogP contribution in [0.2, 0.25) is 0 Å². The summed E-state index contributed by atoms with van der Waals surface area (Å²) in [4.78, 5) is 22.4. The van der Waals surface area contributed by atoms with E-state index in [1.54, 1.807) is 0 Å². The minimum atomic E-state index is -0.135. The first kappa shape index (κ1) is 21.6. The van der Waals surface area contributed by atoms with E-state index in [2.05, 4.69) is 15.4 Å². The van der Waals surface area contributed by atoms with Crippen molar-refractivity contribution in [1.29, 1.82) is 0 Å². The van der Waals surface area contributed by atoms with Crippen LogP contribution in [-0.2, 0) is 19.1 Å². The summed E-state index contributed by atoms with van der Waals surface area (Å²) in [5.74, 6) is 5.25. The van der Waals surface area contributed by atoms with Crippen LogP contribution < -0.4 is 10.6 Å². The van der Waals surface area contributed by atoms with E-state index in [1.165, 1.54) is 52.7 Å². The molecule has 6 atom stereocenters. The van der Waals surface area contributed by atoms with Crippen LogP contribution in [0.3, 0.4) is 0 Å². The first-order chi connectivity index (χ1) is 13.6. The summed E-state index contributed by atoms with van der Waals surface area (Å²) >= 11 is 0. The van der Waals surface area contributed by atoms with Crippen molar-refractivity contribution in [2.45, 2.75) is 51.4 Å². The monoisotopic (exact) mass is 394 g/mol. The third kappa shape index (κ3) is 5.26. The van der Waals surface area contributed by atoms with Gasteiger partial charge in [-0.1, -0.05) is 0 Å². The summed E-state index contributed by atoms with van der Waals surface area (Å²) in [6.07, 6.45) is 9.12. The topological polar surface area (TPSA) is 76.7 Å². The number of hydrogen-bond acceptors (Lipinski definition) is 6. The molecule has 0 aromatic carbocycles. The standard InChI is InChI=1S/C22H38N2O4/c1-27-20(25)7-11-23-9-5-15-3-4-18-17-13-16(19(14-17)22(15)18)6-10-24-12-8-21(26)28-2/h15-19,22-24H,3-14H2,1-2H3. The molecule has 3 saturated carbocycles. The molecule has 3 fully saturated rings. The van der Waals surface area contributed by atoms with Gasteiger partial charge in [0, 0.05) is 13.1 Å². The summed E-state index contributed by atoms with van der Waals surface area (Å²) in [6.45, 7) is 3.48. The number of methoxy groups -OCH3 is 2. The normalized spacial score (nSPS) is 33.1. The van der Waals surface area contributed by atoms with E-state index in [-0.39, 0.29) is 11.9 Å². The lowest BCUT2D eigenvalue weighted by molar-refractivity contribution is -0.141. The van der Waals surface area contributed by atoms with Crippen molar-refractivity contribution in [3.8, 4) is 0 Å². The molecular weight excluding hydrogens is 356 g/mol. The van der Waals surface area contributed by atoms with Crippen LogP contribution in [0, 0.1) is 35.5 Å². The van der Waals surface area contributed by atoms with Crippen LogP contribution in [0.15, 0.2) is 0 Å². The van der Waals surface area contributed by atoms with Gasteiger partial charge in [-0.15, -0.1) is 0 Å². The van der Waals surface area contributed by atoms with Gasteiger partial charge in [0.15, 0.2) is 0 Å². The molecule has 0 amide bonds. The van der Waals surface area contributed by atoms with E-state index in [9.17, 15) is 9.59 Å². The summed E-state index contributed by atoms with van der Waals surface area (Å²) in [5.41, 5.74) is 0. The molecule has 0 aromatic heterocycles. The third-order valence-electron chi connectivity index (χ3n) is 7.65. The molecule has 28 heavy (non-hydrogen) atoms. The lowest BCUT2D eigenvalue weighted by atomic mass is 9.71. The number of carbonyl (C=O) groups excluding carboxylic acids is 2. The second-order valence-electron chi connectivity index (χ2n) is 8.96. The molecule has 2 N–H and O–H groups in total. The first-order valence-corrected chi connectivity index (χ1v) is 11.2. The fraction of sp³-hybridized carbons (Fsp3) is 0.909. The predicted molar refractivity (Wildman–Crippen MR) is 108 cm³/mol. The Kier molecular flexibility index (Phi) is 8.15. The maximum atomic E-state index is 11.2. The Balaban J connectivity index is 1.36. The molecule has 0 aliphatic heterocycles. The quantitative estimate of drug-likeness (QED) is 0.391. The number of rotatable bonds is 12. The van der Waals surface area contributed by atoms with Crippen molar-refractivity contribution in [3.63, 3.8) is 0 Å². The molecule has 3 aliphatic carbocycles. The van der Waals surface area contributed by atoms with Gasteiger partial charge in [-0.25, -0.2) is 0 Å². The van der Waals surface area contributed by atoms with Gasteiger partial charge in [0.2, 0.25) is 0 Å². The molecular formula is C22H38N2O4. The molecule has 6 unspecified atom stereocenters. The van der Waals surface area contributed by atoms with Gasteiger partial charge in [0.05, 0.1) is 27.1 Å². The molecule has 3 rings (SSSR count).